The van der Waals surface area contributed by atoms with Gasteiger partial charge in [0, 0.05) is 12.6 Å². The van der Waals surface area contributed by atoms with Gasteiger partial charge in [-0.05, 0) is 51.3 Å². The zero-order valence-corrected chi connectivity index (χ0v) is 12.7. The van der Waals surface area contributed by atoms with Gasteiger partial charge in [-0.25, -0.2) is 4.79 Å². The lowest BCUT2D eigenvalue weighted by Crippen LogP contribution is -2.40. The molecule has 1 amide bonds. The number of hydrogen-bond donors (Lipinski definition) is 2. The third kappa shape index (κ3) is 6.77. The molecule has 1 atom stereocenters. The lowest BCUT2D eigenvalue weighted by Gasteiger charge is -2.23. The Labute approximate surface area is 125 Å². The number of nitriles is 1. The molecule has 1 aromatic carbocycles. The zero-order chi connectivity index (χ0) is 15.9. The predicted octanol–water partition coefficient (Wildman–Crippen LogP) is 2.38. The van der Waals surface area contributed by atoms with Crippen molar-refractivity contribution >= 4 is 6.09 Å². The summed E-state index contributed by atoms with van der Waals surface area (Å²) >= 11 is 0. The number of nitrogens with zero attached hydrogens (tertiary/aromatic N) is 1. The van der Waals surface area contributed by atoms with E-state index in [-0.39, 0.29) is 12.6 Å². The second kappa shape index (κ2) is 7.65. The van der Waals surface area contributed by atoms with Gasteiger partial charge in [-0.15, -0.1) is 0 Å². The molecule has 5 nitrogen and oxygen atoms in total. The summed E-state index contributed by atoms with van der Waals surface area (Å²) < 4.78 is 5.21. The Morgan fingerprint density at radius 2 is 2.00 bits per heavy atom. The minimum absolute atomic E-state index is 0.0171. The molecule has 0 unspecified atom stereocenters. The maximum atomic E-state index is 11.8. The van der Waals surface area contributed by atoms with Crippen LogP contribution < -0.4 is 5.32 Å². The highest BCUT2D eigenvalue weighted by Crippen LogP contribution is 2.10. The van der Waals surface area contributed by atoms with Crippen LogP contribution in [0.5, 0.6) is 0 Å². The van der Waals surface area contributed by atoms with Gasteiger partial charge in [0.25, 0.3) is 0 Å². The Hall–Kier alpha value is -2.06. The molecule has 5 heteroatoms. The molecule has 0 heterocycles. The highest BCUT2D eigenvalue weighted by Gasteiger charge is 2.19. The van der Waals surface area contributed by atoms with Crippen molar-refractivity contribution in [3.8, 4) is 6.07 Å². The minimum atomic E-state index is -0.553. The molecule has 0 saturated heterocycles. The molecule has 0 aliphatic rings. The van der Waals surface area contributed by atoms with Crippen LogP contribution >= 0.6 is 0 Å². The third-order valence-corrected chi connectivity index (χ3v) is 2.76. The van der Waals surface area contributed by atoms with Crippen LogP contribution in [0.1, 0.15) is 38.3 Å². The Balaban J connectivity index is 2.64. The average Bonchev–Trinajstić information content (AvgIpc) is 2.37. The van der Waals surface area contributed by atoms with Crippen LogP contribution in [0.3, 0.4) is 0 Å². The highest BCUT2D eigenvalue weighted by atomic mass is 16.6. The molecule has 21 heavy (non-hydrogen) atoms. The fraction of sp³-hybridized carbons (Fsp3) is 0.500. The largest absolute Gasteiger partial charge is 0.444 e. The first-order valence-corrected chi connectivity index (χ1v) is 6.93. The second-order valence-corrected chi connectivity index (χ2v) is 5.87. The molecule has 0 radical (unpaired) electrons. The lowest BCUT2D eigenvalue weighted by molar-refractivity contribution is 0.0497. The lowest BCUT2D eigenvalue weighted by atomic mass is 10.0. The quantitative estimate of drug-likeness (QED) is 0.872. The van der Waals surface area contributed by atoms with Gasteiger partial charge >= 0.3 is 6.09 Å². The molecule has 0 aliphatic heterocycles. The van der Waals surface area contributed by atoms with E-state index in [2.05, 4.69) is 11.4 Å². The maximum Gasteiger partial charge on any atom is 0.407 e. The van der Waals surface area contributed by atoms with Crippen molar-refractivity contribution < 1.29 is 14.6 Å². The van der Waals surface area contributed by atoms with Crippen LogP contribution in [0.2, 0.25) is 0 Å². The monoisotopic (exact) mass is 290 g/mol. The van der Waals surface area contributed by atoms with Crippen LogP contribution in [0.4, 0.5) is 4.79 Å². The summed E-state index contributed by atoms with van der Waals surface area (Å²) in [7, 11) is 0. The average molecular weight is 290 g/mol. The zero-order valence-electron chi connectivity index (χ0n) is 12.7. The minimum Gasteiger partial charge on any atom is -0.444 e. The number of aliphatic hydroxyl groups excluding tert-OH is 1. The van der Waals surface area contributed by atoms with E-state index in [4.69, 9.17) is 15.1 Å². The first-order chi connectivity index (χ1) is 9.84. The Morgan fingerprint density at radius 1 is 1.38 bits per heavy atom. The third-order valence-electron chi connectivity index (χ3n) is 2.76. The number of carbonyl (C=O) groups is 1. The first-order valence-electron chi connectivity index (χ1n) is 6.93. The van der Waals surface area contributed by atoms with E-state index in [0.717, 1.165) is 5.56 Å². The molecule has 0 spiro atoms. The molecule has 0 bridgehead atoms. The van der Waals surface area contributed by atoms with Crippen molar-refractivity contribution in [1.82, 2.24) is 5.32 Å². The van der Waals surface area contributed by atoms with E-state index in [9.17, 15) is 4.79 Å². The molecular formula is C16H22N2O3. The van der Waals surface area contributed by atoms with Crippen molar-refractivity contribution in [2.75, 3.05) is 6.61 Å². The van der Waals surface area contributed by atoms with Crippen molar-refractivity contribution in [2.45, 2.75) is 45.3 Å². The first kappa shape index (κ1) is 17.0. The number of hydrogen-bond acceptors (Lipinski definition) is 4. The van der Waals surface area contributed by atoms with Gasteiger partial charge in [-0.3, -0.25) is 0 Å². The van der Waals surface area contributed by atoms with E-state index in [1.54, 1.807) is 32.9 Å². The Morgan fingerprint density at radius 3 is 2.48 bits per heavy atom. The van der Waals surface area contributed by atoms with Gasteiger partial charge in [0.1, 0.15) is 5.60 Å². The summed E-state index contributed by atoms with van der Waals surface area (Å²) in [6, 6.07) is 9.01. The summed E-state index contributed by atoms with van der Waals surface area (Å²) in [6.07, 6.45) is 0.527. The number of alkyl carbamates (subject to hydrolysis) is 1. The number of benzene rings is 1. The molecule has 0 aromatic heterocycles. The summed E-state index contributed by atoms with van der Waals surface area (Å²) in [6.45, 7) is 5.38. The van der Waals surface area contributed by atoms with Crippen LogP contribution in [-0.4, -0.2) is 29.4 Å². The molecule has 0 saturated carbocycles. The normalized spacial score (nSPS) is 12.3. The smallest absolute Gasteiger partial charge is 0.407 e. The van der Waals surface area contributed by atoms with Crippen molar-refractivity contribution in [2.24, 2.45) is 0 Å². The van der Waals surface area contributed by atoms with Crippen LogP contribution in [0, 0.1) is 11.3 Å². The number of ether oxygens (including phenoxy) is 1. The summed E-state index contributed by atoms with van der Waals surface area (Å²) in [5, 5.41) is 20.6. The molecule has 114 valence electrons. The van der Waals surface area contributed by atoms with Crippen molar-refractivity contribution in [3.63, 3.8) is 0 Å². The van der Waals surface area contributed by atoms with Crippen LogP contribution in [0.15, 0.2) is 24.3 Å². The van der Waals surface area contributed by atoms with Crippen LogP contribution in [0.25, 0.3) is 0 Å². The summed E-state index contributed by atoms with van der Waals surface area (Å²) in [5.41, 5.74) is 1.03. The van der Waals surface area contributed by atoms with Gasteiger partial charge in [-0.2, -0.15) is 5.26 Å². The van der Waals surface area contributed by atoms with Gasteiger partial charge < -0.3 is 15.2 Å². The van der Waals surface area contributed by atoms with Gasteiger partial charge in [0.05, 0.1) is 11.6 Å². The highest BCUT2D eigenvalue weighted by molar-refractivity contribution is 5.68. The summed E-state index contributed by atoms with van der Waals surface area (Å²) in [5.74, 6) is 0. The second-order valence-electron chi connectivity index (χ2n) is 5.87. The fourth-order valence-electron chi connectivity index (χ4n) is 1.86. The van der Waals surface area contributed by atoms with Crippen molar-refractivity contribution in [3.05, 3.63) is 35.4 Å². The fourth-order valence-corrected chi connectivity index (χ4v) is 1.86. The Kier molecular flexibility index (Phi) is 6.19. The Bertz CT molecular complexity index is 498. The van der Waals surface area contributed by atoms with Gasteiger partial charge in [-0.1, -0.05) is 12.1 Å². The SMILES string of the molecule is CC(C)(C)OC(=O)N[C@@H](CCO)Cc1ccc(C#N)cc1. The topological polar surface area (TPSA) is 82.3 Å². The molecule has 1 rings (SSSR count). The molecule has 1 aromatic rings. The van der Waals surface area contributed by atoms with E-state index in [1.165, 1.54) is 0 Å². The number of aliphatic hydroxyl groups is 1. The molecular weight excluding hydrogens is 268 g/mol. The van der Waals surface area contributed by atoms with E-state index < -0.39 is 11.7 Å². The summed E-state index contributed by atoms with van der Waals surface area (Å²) in [4.78, 5) is 11.8. The van der Waals surface area contributed by atoms with Crippen LogP contribution in [-0.2, 0) is 11.2 Å². The van der Waals surface area contributed by atoms with E-state index in [0.29, 0.717) is 18.4 Å². The number of carbonyl (C=O) groups excluding carboxylic acids is 1. The maximum absolute atomic E-state index is 11.8. The number of amides is 1. The number of nitrogens with one attached hydrogen (secondary N) is 1. The van der Waals surface area contributed by atoms with Gasteiger partial charge in [0.2, 0.25) is 0 Å². The van der Waals surface area contributed by atoms with Gasteiger partial charge in [0.15, 0.2) is 0 Å². The van der Waals surface area contributed by atoms with Crippen molar-refractivity contribution in [1.29, 1.82) is 5.26 Å². The van der Waals surface area contributed by atoms with E-state index >= 15 is 0 Å². The standard InChI is InChI=1S/C16H22N2O3/c1-16(2,3)21-15(20)18-14(8-9-19)10-12-4-6-13(11-17)7-5-12/h4-7,14,19H,8-10H2,1-3H3,(H,18,20)/t14-/m0/s1. The predicted molar refractivity (Wildman–Crippen MR) is 79.7 cm³/mol. The number of rotatable bonds is 5. The van der Waals surface area contributed by atoms with E-state index in [1.807, 2.05) is 12.1 Å². The molecule has 0 fully saturated rings. The molecule has 2 N–H and O–H groups in total. The molecule has 0 aliphatic carbocycles.